The van der Waals surface area contributed by atoms with Crippen LogP contribution in [0.25, 0.3) is 0 Å². The highest BCUT2D eigenvalue weighted by molar-refractivity contribution is 7.92. The maximum absolute atomic E-state index is 13.3. The van der Waals surface area contributed by atoms with E-state index in [-0.39, 0.29) is 33.5 Å². The number of benzene rings is 2. The van der Waals surface area contributed by atoms with E-state index in [1.54, 1.807) is 0 Å². The van der Waals surface area contributed by atoms with Gasteiger partial charge in [-0.05, 0) is 24.3 Å². The lowest BCUT2D eigenvalue weighted by Crippen LogP contribution is -2.28. The zero-order valence-electron chi connectivity index (χ0n) is 15.0. The van der Waals surface area contributed by atoms with Crippen molar-refractivity contribution in [3.8, 4) is 11.5 Å². The highest BCUT2D eigenvalue weighted by atomic mass is 35.5. The summed E-state index contributed by atoms with van der Waals surface area (Å²) in [5.74, 6) is -0.766. The topological polar surface area (TPSA) is 84.9 Å². The molecule has 0 aliphatic carbocycles. The van der Waals surface area contributed by atoms with E-state index in [0.717, 1.165) is 16.6 Å². The van der Waals surface area contributed by atoms with Gasteiger partial charge in [0.05, 0.1) is 36.7 Å². The van der Waals surface area contributed by atoms with E-state index in [1.165, 1.54) is 45.5 Å². The smallest absolute Gasteiger partial charge is 0.257 e. The number of anilines is 2. The molecule has 0 aliphatic rings. The molecule has 2 rings (SSSR count). The van der Waals surface area contributed by atoms with Crippen LogP contribution >= 0.6 is 11.6 Å². The van der Waals surface area contributed by atoms with Crippen molar-refractivity contribution in [1.82, 2.24) is 0 Å². The minimum atomic E-state index is -3.66. The molecular formula is C17H18ClFN2O5S. The molecule has 146 valence electrons. The third kappa shape index (κ3) is 4.61. The van der Waals surface area contributed by atoms with Crippen molar-refractivity contribution in [1.29, 1.82) is 0 Å². The van der Waals surface area contributed by atoms with Crippen LogP contribution in [-0.4, -0.2) is 41.8 Å². The summed E-state index contributed by atoms with van der Waals surface area (Å²) >= 11 is 5.72. The molecule has 2 aromatic rings. The normalized spacial score (nSPS) is 11.0. The molecule has 0 aromatic heterocycles. The predicted molar refractivity (Wildman–Crippen MR) is 102 cm³/mol. The molecule has 1 N–H and O–H groups in total. The molecular weight excluding hydrogens is 399 g/mol. The molecule has 27 heavy (non-hydrogen) atoms. The zero-order chi connectivity index (χ0) is 20.4. The summed E-state index contributed by atoms with van der Waals surface area (Å²) in [6.45, 7) is 0. The van der Waals surface area contributed by atoms with Crippen LogP contribution in [0.1, 0.15) is 10.4 Å². The maximum atomic E-state index is 13.3. The Morgan fingerprint density at radius 1 is 1.15 bits per heavy atom. The van der Waals surface area contributed by atoms with Gasteiger partial charge in [-0.3, -0.25) is 9.10 Å². The van der Waals surface area contributed by atoms with Gasteiger partial charge in [0.2, 0.25) is 10.0 Å². The summed E-state index contributed by atoms with van der Waals surface area (Å²) in [5, 5.41) is 2.40. The number of hydrogen-bond acceptors (Lipinski definition) is 5. The lowest BCUT2D eigenvalue weighted by Gasteiger charge is -2.22. The van der Waals surface area contributed by atoms with E-state index in [0.29, 0.717) is 0 Å². The van der Waals surface area contributed by atoms with Gasteiger partial charge in [0.1, 0.15) is 5.82 Å². The van der Waals surface area contributed by atoms with Crippen LogP contribution in [0, 0.1) is 5.82 Å². The number of nitrogens with one attached hydrogen (secondary N) is 1. The van der Waals surface area contributed by atoms with Crippen molar-refractivity contribution >= 4 is 38.9 Å². The zero-order valence-corrected chi connectivity index (χ0v) is 16.6. The number of halogens is 2. The Balaban J connectivity index is 2.54. The number of sulfonamides is 1. The molecule has 0 radical (unpaired) electrons. The Bertz CT molecular complexity index is 982. The summed E-state index contributed by atoms with van der Waals surface area (Å²) in [5.41, 5.74) is 0.344. The monoisotopic (exact) mass is 416 g/mol. The molecule has 0 atom stereocenters. The summed E-state index contributed by atoms with van der Waals surface area (Å²) in [4.78, 5) is 12.8. The number of amides is 1. The first-order valence-corrected chi connectivity index (χ1v) is 9.77. The van der Waals surface area contributed by atoms with Gasteiger partial charge in [-0.1, -0.05) is 11.6 Å². The molecule has 0 saturated carbocycles. The first kappa shape index (κ1) is 20.8. The molecule has 1 amide bonds. The van der Waals surface area contributed by atoms with E-state index < -0.39 is 21.7 Å². The number of carbonyl (C=O) groups is 1. The van der Waals surface area contributed by atoms with Crippen molar-refractivity contribution in [2.75, 3.05) is 37.1 Å². The van der Waals surface area contributed by atoms with Crippen molar-refractivity contribution in [3.63, 3.8) is 0 Å². The molecule has 0 unspecified atom stereocenters. The van der Waals surface area contributed by atoms with E-state index in [4.69, 9.17) is 21.1 Å². The molecule has 0 spiro atoms. The number of ether oxygens (including phenoxy) is 2. The van der Waals surface area contributed by atoms with Gasteiger partial charge in [0.15, 0.2) is 11.5 Å². The molecule has 2 aromatic carbocycles. The fourth-order valence-electron chi connectivity index (χ4n) is 2.26. The summed E-state index contributed by atoms with van der Waals surface area (Å²) in [7, 11) is 0.432. The summed E-state index contributed by atoms with van der Waals surface area (Å²) < 4.78 is 48.5. The largest absolute Gasteiger partial charge is 0.493 e. The second-order valence-corrected chi connectivity index (χ2v) is 7.96. The molecule has 0 saturated heterocycles. The summed E-state index contributed by atoms with van der Waals surface area (Å²) in [6.07, 6.45) is 1.01. The first-order chi connectivity index (χ1) is 12.6. The molecule has 0 heterocycles. The van der Waals surface area contributed by atoms with Gasteiger partial charge in [0, 0.05) is 18.8 Å². The standard InChI is InChI=1S/C17H18ClFN2O5S/c1-21(27(4,23)24)14-9-16(26-3)15(25-2)8-11(14)17(22)20-10-5-6-13(19)12(18)7-10/h5-9H,1-4H3,(H,20,22). The quantitative estimate of drug-likeness (QED) is 0.781. The van der Waals surface area contributed by atoms with Gasteiger partial charge in [-0.2, -0.15) is 0 Å². The van der Waals surface area contributed by atoms with Crippen LogP contribution in [-0.2, 0) is 10.0 Å². The average Bonchev–Trinajstić information content (AvgIpc) is 2.62. The van der Waals surface area contributed by atoms with Crippen molar-refractivity contribution in [2.24, 2.45) is 0 Å². The molecule has 0 fully saturated rings. The molecule has 0 bridgehead atoms. The van der Waals surface area contributed by atoms with Crippen LogP contribution in [0.5, 0.6) is 11.5 Å². The third-order valence-corrected chi connectivity index (χ3v) is 5.24. The van der Waals surface area contributed by atoms with E-state index in [9.17, 15) is 17.6 Å². The van der Waals surface area contributed by atoms with Crippen LogP contribution in [0.15, 0.2) is 30.3 Å². The maximum Gasteiger partial charge on any atom is 0.257 e. The Hall–Kier alpha value is -2.52. The Labute approximate surface area is 161 Å². The van der Waals surface area contributed by atoms with Gasteiger partial charge in [-0.25, -0.2) is 12.8 Å². The lowest BCUT2D eigenvalue weighted by molar-refractivity contribution is 0.102. The molecule has 10 heteroatoms. The van der Waals surface area contributed by atoms with Crippen molar-refractivity contribution in [3.05, 3.63) is 46.7 Å². The predicted octanol–water partition coefficient (Wildman–Crippen LogP) is 3.14. The van der Waals surface area contributed by atoms with Crippen LogP contribution in [0.2, 0.25) is 5.02 Å². The number of carbonyl (C=O) groups excluding carboxylic acids is 1. The molecule has 0 aliphatic heterocycles. The SMILES string of the molecule is COc1cc(C(=O)Nc2ccc(F)c(Cl)c2)c(N(C)S(C)(=O)=O)cc1OC. The van der Waals surface area contributed by atoms with Gasteiger partial charge < -0.3 is 14.8 Å². The second-order valence-electron chi connectivity index (χ2n) is 5.54. The highest BCUT2D eigenvalue weighted by Crippen LogP contribution is 2.36. The van der Waals surface area contributed by atoms with E-state index in [1.807, 2.05) is 0 Å². The molecule has 7 nitrogen and oxygen atoms in total. The van der Waals surface area contributed by atoms with E-state index >= 15 is 0 Å². The fourth-order valence-corrected chi connectivity index (χ4v) is 2.95. The average molecular weight is 417 g/mol. The first-order valence-electron chi connectivity index (χ1n) is 7.54. The highest BCUT2D eigenvalue weighted by Gasteiger charge is 2.23. The Kier molecular flexibility index (Phi) is 6.17. The van der Waals surface area contributed by atoms with E-state index in [2.05, 4.69) is 5.32 Å². The van der Waals surface area contributed by atoms with Crippen LogP contribution in [0.3, 0.4) is 0 Å². The minimum Gasteiger partial charge on any atom is -0.493 e. The number of nitrogens with zero attached hydrogens (tertiary/aromatic N) is 1. The van der Waals surface area contributed by atoms with Gasteiger partial charge in [0.25, 0.3) is 5.91 Å². The minimum absolute atomic E-state index is 0.0148. The summed E-state index contributed by atoms with van der Waals surface area (Å²) in [6, 6.07) is 6.42. The Morgan fingerprint density at radius 3 is 2.26 bits per heavy atom. The van der Waals surface area contributed by atoms with Crippen LogP contribution < -0.4 is 19.1 Å². The van der Waals surface area contributed by atoms with Gasteiger partial charge >= 0.3 is 0 Å². The second kappa shape index (κ2) is 8.01. The number of rotatable bonds is 6. The number of methoxy groups -OCH3 is 2. The van der Waals surface area contributed by atoms with Crippen molar-refractivity contribution in [2.45, 2.75) is 0 Å². The van der Waals surface area contributed by atoms with Crippen molar-refractivity contribution < 1.29 is 27.1 Å². The van der Waals surface area contributed by atoms with Gasteiger partial charge in [-0.15, -0.1) is 0 Å². The number of hydrogen-bond donors (Lipinski definition) is 1. The fraction of sp³-hybridized carbons (Fsp3) is 0.235. The lowest BCUT2D eigenvalue weighted by atomic mass is 10.1. The third-order valence-electron chi connectivity index (χ3n) is 3.76. The Morgan fingerprint density at radius 2 is 1.74 bits per heavy atom. The van der Waals surface area contributed by atoms with Crippen LogP contribution in [0.4, 0.5) is 15.8 Å².